The molecule has 20 heavy (non-hydrogen) atoms. The van der Waals surface area contributed by atoms with Crippen LogP contribution in [-0.4, -0.2) is 5.97 Å². The summed E-state index contributed by atoms with van der Waals surface area (Å²) in [5, 5.41) is 1.04. The van der Waals surface area contributed by atoms with Crippen molar-refractivity contribution >= 4 is 34.9 Å². The fourth-order valence-corrected chi connectivity index (χ4v) is 2.09. The minimum Gasteiger partial charge on any atom is -0.457 e. The molecule has 2 aromatic rings. The third-order valence-corrected chi connectivity index (χ3v) is 3.40. The molecule has 2 rings (SSSR count). The van der Waals surface area contributed by atoms with Crippen LogP contribution < -0.4 is 5.73 Å². The standard InChI is InChI=1S/C15H13Cl2NO2/c1-9-2-5-14(18)12(6-9)15(19)20-8-10-7-11(16)3-4-13(10)17/h2-7H,8,18H2,1H3. The van der Waals surface area contributed by atoms with E-state index in [-0.39, 0.29) is 6.61 Å². The summed E-state index contributed by atoms with van der Waals surface area (Å²) in [6.07, 6.45) is 0. The molecular weight excluding hydrogens is 297 g/mol. The zero-order valence-electron chi connectivity index (χ0n) is 10.8. The Hall–Kier alpha value is -1.71. The molecule has 0 spiro atoms. The lowest BCUT2D eigenvalue weighted by molar-refractivity contribution is 0.0474. The van der Waals surface area contributed by atoms with Crippen LogP contribution >= 0.6 is 23.2 Å². The lowest BCUT2D eigenvalue weighted by Crippen LogP contribution is -2.08. The second kappa shape index (κ2) is 6.16. The molecule has 0 radical (unpaired) electrons. The molecule has 0 saturated heterocycles. The fourth-order valence-electron chi connectivity index (χ4n) is 1.72. The van der Waals surface area contributed by atoms with E-state index in [0.717, 1.165) is 5.56 Å². The van der Waals surface area contributed by atoms with Gasteiger partial charge in [0, 0.05) is 21.3 Å². The second-order valence-electron chi connectivity index (χ2n) is 4.40. The molecule has 5 heteroatoms. The molecular formula is C15H13Cl2NO2. The predicted octanol–water partition coefficient (Wildman–Crippen LogP) is 4.24. The summed E-state index contributed by atoms with van der Waals surface area (Å²) in [7, 11) is 0. The number of halogens is 2. The quantitative estimate of drug-likeness (QED) is 0.681. The molecule has 0 aliphatic carbocycles. The largest absolute Gasteiger partial charge is 0.457 e. The van der Waals surface area contributed by atoms with E-state index in [4.69, 9.17) is 33.7 Å². The van der Waals surface area contributed by atoms with Crippen molar-refractivity contribution in [3.8, 4) is 0 Å². The monoisotopic (exact) mass is 309 g/mol. The number of carbonyl (C=O) groups excluding carboxylic acids is 1. The minimum absolute atomic E-state index is 0.0472. The van der Waals surface area contributed by atoms with E-state index in [0.29, 0.717) is 26.9 Å². The Balaban J connectivity index is 2.12. The molecule has 0 heterocycles. The van der Waals surface area contributed by atoms with E-state index in [1.54, 1.807) is 30.3 Å². The third kappa shape index (κ3) is 3.44. The zero-order valence-corrected chi connectivity index (χ0v) is 12.3. The summed E-state index contributed by atoms with van der Waals surface area (Å²) in [5.41, 5.74) is 8.09. The van der Waals surface area contributed by atoms with Gasteiger partial charge >= 0.3 is 5.97 Å². The molecule has 0 aromatic heterocycles. The van der Waals surface area contributed by atoms with E-state index >= 15 is 0 Å². The number of benzene rings is 2. The SMILES string of the molecule is Cc1ccc(N)c(C(=O)OCc2cc(Cl)ccc2Cl)c1. The van der Waals surface area contributed by atoms with E-state index in [9.17, 15) is 4.79 Å². The first kappa shape index (κ1) is 14.7. The number of anilines is 1. The molecule has 0 unspecified atom stereocenters. The molecule has 0 saturated carbocycles. The molecule has 0 aliphatic rings. The van der Waals surface area contributed by atoms with Gasteiger partial charge in [-0.05, 0) is 37.3 Å². The van der Waals surface area contributed by atoms with E-state index < -0.39 is 5.97 Å². The van der Waals surface area contributed by atoms with E-state index in [2.05, 4.69) is 0 Å². The highest BCUT2D eigenvalue weighted by Crippen LogP contribution is 2.22. The van der Waals surface area contributed by atoms with Crippen LogP contribution in [0.3, 0.4) is 0 Å². The molecule has 0 amide bonds. The normalized spacial score (nSPS) is 10.3. The number of hydrogen-bond donors (Lipinski definition) is 1. The smallest absolute Gasteiger partial charge is 0.340 e. The van der Waals surface area contributed by atoms with Crippen molar-refractivity contribution in [2.24, 2.45) is 0 Å². The molecule has 0 aliphatic heterocycles. The lowest BCUT2D eigenvalue weighted by Gasteiger charge is -2.09. The molecule has 3 nitrogen and oxygen atoms in total. The van der Waals surface area contributed by atoms with Gasteiger partial charge in [-0.1, -0.05) is 34.8 Å². The third-order valence-electron chi connectivity index (χ3n) is 2.80. The Kier molecular flexibility index (Phi) is 4.53. The van der Waals surface area contributed by atoms with Gasteiger partial charge in [-0.25, -0.2) is 4.79 Å². The topological polar surface area (TPSA) is 52.3 Å². The number of nitrogens with two attached hydrogens (primary N) is 1. The number of ether oxygens (including phenoxy) is 1. The first-order valence-corrected chi connectivity index (χ1v) is 6.70. The van der Waals surface area contributed by atoms with Crippen LogP contribution in [-0.2, 0) is 11.3 Å². The minimum atomic E-state index is -0.484. The Morgan fingerprint density at radius 1 is 1.20 bits per heavy atom. The summed E-state index contributed by atoms with van der Waals surface area (Å²) in [6.45, 7) is 1.93. The van der Waals surface area contributed by atoms with Crippen LogP contribution in [0.15, 0.2) is 36.4 Å². The van der Waals surface area contributed by atoms with Crippen molar-refractivity contribution in [3.63, 3.8) is 0 Å². The number of esters is 1. The highest BCUT2D eigenvalue weighted by atomic mass is 35.5. The zero-order chi connectivity index (χ0) is 14.7. The number of hydrogen-bond acceptors (Lipinski definition) is 3. The number of nitrogen functional groups attached to an aromatic ring is 1. The average Bonchev–Trinajstić information content (AvgIpc) is 2.42. The lowest BCUT2D eigenvalue weighted by atomic mass is 10.1. The van der Waals surface area contributed by atoms with Gasteiger partial charge in [0.25, 0.3) is 0 Å². The number of rotatable bonds is 3. The molecule has 0 bridgehead atoms. The molecule has 104 valence electrons. The first-order chi connectivity index (χ1) is 9.47. The van der Waals surface area contributed by atoms with Crippen LogP contribution in [0.2, 0.25) is 10.0 Å². The van der Waals surface area contributed by atoms with Gasteiger partial charge < -0.3 is 10.5 Å². The average molecular weight is 310 g/mol. The highest BCUT2D eigenvalue weighted by molar-refractivity contribution is 6.33. The molecule has 0 atom stereocenters. The predicted molar refractivity (Wildman–Crippen MR) is 81.2 cm³/mol. The van der Waals surface area contributed by atoms with Crippen molar-refractivity contribution in [1.29, 1.82) is 0 Å². The van der Waals surface area contributed by atoms with Crippen molar-refractivity contribution in [2.75, 3.05) is 5.73 Å². The molecule has 0 fully saturated rings. The van der Waals surface area contributed by atoms with Gasteiger partial charge in [-0.3, -0.25) is 0 Å². The summed E-state index contributed by atoms with van der Waals surface area (Å²) in [6, 6.07) is 10.2. The van der Waals surface area contributed by atoms with Gasteiger partial charge in [0.05, 0.1) is 5.56 Å². The Bertz CT molecular complexity index is 656. The van der Waals surface area contributed by atoms with Crippen molar-refractivity contribution in [2.45, 2.75) is 13.5 Å². The van der Waals surface area contributed by atoms with Gasteiger partial charge in [-0.2, -0.15) is 0 Å². The first-order valence-electron chi connectivity index (χ1n) is 5.94. The second-order valence-corrected chi connectivity index (χ2v) is 5.25. The van der Waals surface area contributed by atoms with Crippen molar-refractivity contribution in [3.05, 3.63) is 63.1 Å². The van der Waals surface area contributed by atoms with Gasteiger partial charge in [0.15, 0.2) is 0 Å². The maximum absolute atomic E-state index is 12.0. The Morgan fingerprint density at radius 3 is 2.70 bits per heavy atom. The van der Waals surface area contributed by atoms with Gasteiger partial charge in [0.2, 0.25) is 0 Å². The fraction of sp³-hybridized carbons (Fsp3) is 0.133. The van der Waals surface area contributed by atoms with Crippen molar-refractivity contribution in [1.82, 2.24) is 0 Å². The Morgan fingerprint density at radius 2 is 1.95 bits per heavy atom. The molecule has 2 aromatic carbocycles. The summed E-state index contributed by atoms with van der Waals surface area (Å²) >= 11 is 11.9. The summed E-state index contributed by atoms with van der Waals surface area (Å²) < 4.78 is 5.22. The summed E-state index contributed by atoms with van der Waals surface area (Å²) in [5.74, 6) is -0.484. The molecule has 2 N–H and O–H groups in total. The van der Waals surface area contributed by atoms with Crippen molar-refractivity contribution < 1.29 is 9.53 Å². The van der Waals surface area contributed by atoms with Crippen LogP contribution in [0.4, 0.5) is 5.69 Å². The maximum atomic E-state index is 12.0. The van der Waals surface area contributed by atoms with E-state index in [1.807, 2.05) is 13.0 Å². The Labute approximate surface area is 127 Å². The highest BCUT2D eigenvalue weighted by Gasteiger charge is 2.12. The van der Waals surface area contributed by atoms with Crippen LogP contribution in [0.25, 0.3) is 0 Å². The number of aryl methyl sites for hydroxylation is 1. The maximum Gasteiger partial charge on any atom is 0.340 e. The van der Waals surface area contributed by atoms with Gasteiger partial charge in [0.1, 0.15) is 6.61 Å². The van der Waals surface area contributed by atoms with E-state index in [1.165, 1.54) is 0 Å². The number of carbonyl (C=O) groups is 1. The van der Waals surface area contributed by atoms with Crippen LogP contribution in [0.1, 0.15) is 21.5 Å². The van der Waals surface area contributed by atoms with Crippen LogP contribution in [0.5, 0.6) is 0 Å². The summed E-state index contributed by atoms with van der Waals surface area (Å²) in [4.78, 5) is 12.0. The van der Waals surface area contributed by atoms with Crippen LogP contribution in [0, 0.1) is 6.92 Å². The van der Waals surface area contributed by atoms with Gasteiger partial charge in [-0.15, -0.1) is 0 Å².